The van der Waals surface area contributed by atoms with Gasteiger partial charge in [-0.1, -0.05) is 36.0 Å². The van der Waals surface area contributed by atoms with Gasteiger partial charge < -0.3 is 4.57 Å². The van der Waals surface area contributed by atoms with Gasteiger partial charge in [-0.2, -0.15) is 0 Å². The molecule has 0 unspecified atom stereocenters. The number of aromatic nitrogens is 3. The Morgan fingerprint density at radius 3 is 2.67 bits per heavy atom. The molecule has 0 aliphatic rings. The van der Waals surface area contributed by atoms with E-state index in [1.54, 1.807) is 37.3 Å². The number of nitrogens with zero attached hydrogens (tertiary/aromatic N) is 3. The molecular formula is C16H19N5O2S. The van der Waals surface area contributed by atoms with Gasteiger partial charge in [0.1, 0.15) is 5.82 Å². The standard InChI is InChI=1S/C16H19N5O2S/c1-4-10-21-12(3)17-20-16(21)24-11(2)14(22)18-19-15(23)13-8-6-5-7-9-13/h4-9,11H,1,10H2,2-3H3,(H,18,22)(H,19,23)/t11-/m1/s1. The van der Waals surface area contributed by atoms with Crippen LogP contribution >= 0.6 is 11.8 Å². The maximum absolute atomic E-state index is 12.1. The number of carbonyl (C=O) groups is 2. The lowest BCUT2D eigenvalue weighted by molar-refractivity contribution is -0.121. The Labute approximate surface area is 144 Å². The molecule has 2 N–H and O–H groups in total. The van der Waals surface area contributed by atoms with Crippen LogP contribution in [0.1, 0.15) is 23.1 Å². The summed E-state index contributed by atoms with van der Waals surface area (Å²) < 4.78 is 1.87. The molecule has 2 amide bonds. The van der Waals surface area contributed by atoms with Crippen molar-refractivity contribution in [1.29, 1.82) is 0 Å². The summed E-state index contributed by atoms with van der Waals surface area (Å²) >= 11 is 1.26. The molecule has 0 radical (unpaired) electrons. The van der Waals surface area contributed by atoms with Crippen LogP contribution < -0.4 is 10.9 Å². The molecule has 2 rings (SSSR count). The molecule has 7 nitrogen and oxygen atoms in total. The van der Waals surface area contributed by atoms with Crippen molar-refractivity contribution in [1.82, 2.24) is 25.6 Å². The van der Waals surface area contributed by atoms with Crippen LogP contribution in [0.15, 0.2) is 48.1 Å². The Balaban J connectivity index is 1.91. The first-order valence-corrected chi connectivity index (χ1v) is 8.23. The summed E-state index contributed by atoms with van der Waals surface area (Å²) in [6.45, 7) is 7.84. The molecule has 0 bridgehead atoms. The van der Waals surface area contributed by atoms with Crippen molar-refractivity contribution in [2.24, 2.45) is 0 Å². The topological polar surface area (TPSA) is 88.9 Å². The molecule has 1 aromatic heterocycles. The zero-order valence-corrected chi connectivity index (χ0v) is 14.3. The summed E-state index contributed by atoms with van der Waals surface area (Å²) in [7, 11) is 0. The van der Waals surface area contributed by atoms with Crippen molar-refractivity contribution in [3.05, 3.63) is 54.4 Å². The van der Waals surface area contributed by atoms with Crippen LogP contribution in [0.2, 0.25) is 0 Å². The van der Waals surface area contributed by atoms with E-state index in [4.69, 9.17) is 0 Å². The number of hydrogen-bond donors (Lipinski definition) is 2. The molecule has 0 fully saturated rings. The third-order valence-electron chi connectivity index (χ3n) is 3.20. The van der Waals surface area contributed by atoms with Gasteiger partial charge in [0, 0.05) is 12.1 Å². The number of benzene rings is 1. The van der Waals surface area contributed by atoms with E-state index in [0.717, 1.165) is 5.82 Å². The molecule has 0 spiro atoms. The van der Waals surface area contributed by atoms with Gasteiger partial charge >= 0.3 is 0 Å². The fraction of sp³-hybridized carbons (Fsp3) is 0.250. The minimum atomic E-state index is -0.451. The highest BCUT2D eigenvalue weighted by atomic mass is 32.2. The number of amides is 2. The highest BCUT2D eigenvalue weighted by Gasteiger charge is 2.19. The molecule has 8 heteroatoms. The number of aryl methyl sites for hydroxylation is 1. The van der Waals surface area contributed by atoms with E-state index in [2.05, 4.69) is 27.6 Å². The van der Waals surface area contributed by atoms with Gasteiger partial charge in [0.05, 0.1) is 5.25 Å². The number of carbonyl (C=O) groups excluding carboxylic acids is 2. The van der Waals surface area contributed by atoms with Crippen molar-refractivity contribution < 1.29 is 9.59 Å². The SMILES string of the molecule is C=CCn1c(C)nnc1S[C@H](C)C(=O)NNC(=O)c1ccccc1. The van der Waals surface area contributed by atoms with Gasteiger partial charge in [0.2, 0.25) is 0 Å². The predicted octanol–water partition coefficient (Wildman–Crippen LogP) is 1.71. The monoisotopic (exact) mass is 345 g/mol. The summed E-state index contributed by atoms with van der Waals surface area (Å²) in [5, 5.41) is 8.24. The van der Waals surface area contributed by atoms with Crippen molar-refractivity contribution in [2.45, 2.75) is 30.8 Å². The lowest BCUT2D eigenvalue weighted by Crippen LogP contribution is -2.44. The highest BCUT2D eigenvalue weighted by Crippen LogP contribution is 2.22. The number of rotatable bonds is 6. The van der Waals surface area contributed by atoms with E-state index in [0.29, 0.717) is 17.3 Å². The quantitative estimate of drug-likeness (QED) is 0.473. The Kier molecular flexibility index (Phi) is 6.14. The van der Waals surface area contributed by atoms with Gasteiger partial charge in [-0.25, -0.2) is 0 Å². The summed E-state index contributed by atoms with van der Waals surface area (Å²) in [5.74, 6) is 0.0595. The molecule has 1 heterocycles. The van der Waals surface area contributed by atoms with Crippen LogP contribution in [-0.4, -0.2) is 31.8 Å². The minimum absolute atomic E-state index is 0.324. The van der Waals surface area contributed by atoms with Crippen molar-refractivity contribution in [2.75, 3.05) is 0 Å². The van der Waals surface area contributed by atoms with Crippen LogP contribution in [0.3, 0.4) is 0 Å². The fourth-order valence-electron chi connectivity index (χ4n) is 1.88. The predicted molar refractivity (Wildman–Crippen MR) is 92.3 cm³/mol. The molecule has 0 aliphatic carbocycles. The van der Waals surface area contributed by atoms with Gasteiger partial charge in [-0.3, -0.25) is 20.4 Å². The second-order valence-corrected chi connectivity index (χ2v) is 6.31. The van der Waals surface area contributed by atoms with E-state index in [1.165, 1.54) is 11.8 Å². The highest BCUT2D eigenvalue weighted by molar-refractivity contribution is 8.00. The number of nitrogens with one attached hydrogen (secondary N) is 2. The van der Waals surface area contributed by atoms with E-state index in [-0.39, 0.29) is 11.8 Å². The van der Waals surface area contributed by atoms with Gasteiger partial charge in [-0.05, 0) is 26.0 Å². The van der Waals surface area contributed by atoms with Gasteiger partial charge in [0.25, 0.3) is 11.8 Å². The molecule has 126 valence electrons. The first-order valence-electron chi connectivity index (χ1n) is 7.35. The zero-order chi connectivity index (χ0) is 17.5. The van der Waals surface area contributed by atoms with E-state index in [9.17, 15) is 9.59 Å². The molecule has 0 saturated carbocycles. The second-order valence-electron chi connectivity index (χ2n) is 5.00. The van der Waals surface area contributed by atoms with Gasteiger partial charge in [0.15, 0.2) is 5.16 Å². The molecule has 0 aliphatic heterocycles. The van der Waals surface area contributed by atoms with Crippen LogP contribution in [-0.2, 0) is 11.3 Å². The Hall–Kier alpha value is -2.61. The lowest BCUT2D eigenvalue weighted by atomic mass is 10.2. The smallest absolute Gasteiger partial charge is 0.269 e. The first-order chi connectivity index (χ1) is 11.5. The summed E-state index contributed by atoms with van der Waals surface area (Å²) in [4.78, 5) is 24.0. The van der Waals surface area contributed by atoms with E-state index in [1.807, 2.05) is 17.6 Å². The van der Waals surface area contributed by atoms with Crippen molar-refractivity contribution >= 4 is 23.6 Å². The van der Waals surface area contributed by atoms with Crippen molar-refractivity contribution in [3.63, 3.8) is 0 Å². The number of hydrazine groups is 1. The van der Waals surface area contributed by atoms with E-state index >= 15 is 0 Å². The maximum Gasteiger partial charge on any atom is 0.269 e. The Morgan fingerprint density at radius 2 is 2.00 bits per heavy atom. The third kappa shape index (κ3) is 4.45. The summed E-state index contributed by atoms with van der Waals surface area (Å²) in [5.41, 5.74) is 5.29. The maximum atomic E-state index is 12.1. The van der Waals surface area contributed by atoms with Crippen LogP contribution in [0.5, 0.6) is 0 Å². The molecular weight excluding hydrogens is 326 g/mol. The normalized spacial score (nSPS) is 11.6. The molecule has 1 aromatic carbocycles. The minimum Gasteiger partial charge on any atom is -0.302 e. The third-order valence-corrected chi connectivity index (χ3v) is 4.28. The molecule has 1 atom stereocenters. The Morgan fingerprint density at radius 1 is 1.29 bits per heavy atom. The number of hydrogen-bond acceptors (Lipinski definition) is 5. The molecule has 0 saturated heterocycles. The molecule has 2 aromatic rings. The van der Waals surface area contributed by atoms with Crippen LogP contribution in [0.25, 0.3) is 0 Å². The number of thioether (sulfide) groups is 1. The molecule has 24 heavy (non-hydrogen) atoms. The Bertz CT molecular complexity index is 729. The summed E-state index contributed by atoms with van der Waals surface area (Å²) in [6, 6.07) is 8.66. The van der Waals surface area contributed by atoms with Crippen LogP contribution in [0.4, 0.5) is 0 Å². The average Bonchev–Trinajstić information content (AvgIpc) is 2.93. The van der Waals surface area contributed by atoms with Crippen LogP contribution in [0, 0.1) is 6.92 Å². The number of allylic oxidation sites excluding steroid dienone is 1. The zero-order valence-electron chi connectivity index (χ0n) is 13.5. The van der Waals surface area contributed by atoms with Crippen molar-refractivity contribution in [3.8, 4) is 0 Å². The average molecular weight is 345 g/mol. The summed E-state index contributed by atoms with van der Waals surface area (Å²) in [6.07, 6.45) is 1.74. The first kappa shape index (κ1) is 17.7. The lowest BCUT2D eigenvalue weighted by Gasteiger charge is -2.13. The largest absolute Gasteiger partial charge is 0.302 e. The van der Waals surface area contributed by atoms with Gasteiger partial charge in [-0.15, -0.1) is 16.8 Å². The van der Waals surface area contributed by atoms with E-state index < -0.39 is 5.25 Å². The second kappa shape index (κ2) is 8.30. The fourth-order valence-corrected chi connectivity index (χ4v) is 2.79.